The van der Waals surface area contributed by atoms with E-state index in [1.54, 1.807) is 6.92 Å². The summed E-state index contributed by atoms with van der Waals surface area (Å²) in [7, 11) is 2.58. The minimum atomic E-state index is -1.07. The Bertz CT molecular complexity index is 1670. The van der Waals surface area contributed by atoms with Crippen LogP contribution in [-0.4, -0.2) is 47.6 Å². The molecule has 0 saturated carbocycles. The number of esters is 1. The Morgan fingerprint density at radius 3 is 2.33 bits per heavy atom. The highest BCUT2D eigenvalue weighted by Gasteiger charge is 2.28. The first-order chi connectivity index (χ1) is 20.5. The maximum atomic E-state index is 12.6. The molecule has 2 N–H and O–H groups in total. The number of aryl methyl sites for hydroxylation is 1. The maximum absolute atomic E-state index is 12.6. The van der Waals surface area contributed by atoms with Crippen molar-refractivity contribution in [1.82, 2.24) is 5.43 Å². The molecule has 2 amide bonds. The third kappa shape index (κ3) is 6.75. The molecular formula is C27H25N5O10S. The van der Waals surface area contributed by atoms with Crippen molar-refractivity contribution in [2.45, 2.75) is 32.6 Å². The summed E-state index contributed by atoms with van der Waals surface area (Å²) < 4.78 is 15.8. The molecule has 16 heteroatoms. The van der Waals surface area contributed by atoms with E-state index in [1.807, 2.05) is 0 Å². The number of hydrogen-bond acceptors (Lipinski definition) is 12. The van der Waals surface area contributed by atoms with Gasteiger partial charge < -0.3 is 19.5 Å². The first-order valence-electron chi connectivity index (χ1n) is 12.7. The average molecular weight is 612 g/mol. The molecule has 0 unspecified atom stereocenters. The number of nitrogens with zero attached hydrogens (tertiary/aromatic N) is 3. The number of hydrazone groups is 1. The number of non-ortho nitro benzene ring substituents is 1. The van der Waals surface area contributed by atoms with E-state index >= 15 is 0 Å². The number of anilines is 1. The second kappa shape index (κ2) is 13.1. The molecule has 1 heterocycles. The number of fused-ring (bicyclic) bond motifs is 1. The highest BCUT2D eigenvalue weighted by Crippen LogP contribution is 2.39. The number of methoxy groups -OCH3 is 2. The molecule has 0 aliphatic heterocycles. The summed E-state index contributed by atoms with van der Waals surface area (Å²) in [4.78, 5) is 59.4. The zero-order valence-electron chi connectivity index (χ0n) is 23.1. The molecule has 0 spiro atoms. The van der Waals surface area contributed by atoms with Crippen molar-refractivity contribution >= 4 is 51.2 Å². The summed E-state index contributed by atoms with van der Waals surface area (Å²) in [6.07, 6.45) is 3.32. The highest BCUT2D eigenvalue weighted by atomic mass is 32.1. The zero-order chi connectivity index (χ0) is 31.3. The Kier molecular flexibility index (Phi) is 9.29. The summed E-state index contributed by atoms with van der Waals surface area (Å²) in [6.45, 7) is 1.55. The standard InChI is InChI=1S/C27H25N5O10S/c1-14(29-30-25(34)24(33)28-26-23(27(35)41-3)17-6-4-5-7-22(17)43-26)15-8-10-20(21(12-15)40-2)42-19-11-9-16(31(36)37)13-18(19)32(38)39/h8-13H,4-7H2,1-3H3,(H,28,33)(H,30,34). The van der Waals surface area contributed by atoms with Crippen LogP contribution < -0.4 is 20.2 Å². The first kappa shape index (κ1) is 30.6. The van der Waals surface area contributed by atoms with E-state index in [0.717, 1.165) is 47.9 Å². The highest BCUT2D eigenvalue weighted by molar-refractivity contribution is 7.17. The van der Waals surface area contributed by atoms with E-state index in [1.165, 1.54) is 43.8 Å². The molecule has 15 nitrogen and oxygen atoms in total. The summed E-state index contributed by atoms with van der Waals surface area (Å²) in [5.74, 6) is -2.72. The Morgan fingerprint density at radius 1 is 0.930 bits per heavy atom. The maximum Gasteiger partial charge on any atom is 0.341 e. The smallest absolute Gasteiger partial charge is 0.341 e. The number of rotatable bonds is 9. The van der Waals surface area contributed by atoms with Crippen LogP contribution >= 0.6 is 11.3 Å². The molecule has 1 aliphatic carbocycles. The first-order valence-corrected chi connectivity index (χ1v) is 13.5. The largest absolute Gasteiger partial charge is 0.493 e. The van der Waals surface area contributed by atoms with Gasteiger partial charge in [-0.15, -0.1) is 11.3 Å². The van der Waals surface area contributed by atoms with Crippen LogP contribution in [0.4, 0.5) is 16.4 Å². The Hall–Kier alpha value is -5.38. The van der Waals surface area contributed by atoms with Gasteiger partial charge in [0.15, 0.2) is 11.5 Å². The van der Waals surface area contributed by atoms with Gasteiger partial charge in [-0.1, -0.05) is 0 Å². The lowest BCUT2D eigenvalue weighted by atomic mass is 9.95. The topological polar surface area (TPSA) is 202 Å². The zero-order valence-corrected chi connectivity index (χ0v) is 23.9. The molecule has 0 saturated heterocycles. The van der Waals surface area contributed by atoms with E-state index in [2.05, 4.69) is 15.8 Å². The van der Waals surface area contributed by atoms with Crippen molar-refractivity contribution in [3.05, 3.63) is 78.2 Å². The number of thiophene rings is 1. The molecule has 4 rings (SSSR count). The number of nitro benzene ring substituents is 2. The van der Waals surface area contributed by atoms with Crippen molar-refractivity contribution in [2.75, 3.05) is 19.5 Å². The van der Waals surface area contributed by atoms with Crippen LogP contribution in [0.1, 0.15) is 46.1 Å². The number of ether oxygens (including phenoxy) is 3. The van der Waals surface area contributed by atoms with E-state index in [4.69, 9.17) is 14.2 Å². The van der Waals surface area contributed by atoms with Crippen LogP contribution in [0, 0.1) is 20.2 Å². The van der Waals surface area contributed by atoms with Gasteiger partial charge in [0.25, 0.3) is 5.69 Å². The van der Waals surface area contributed by atoms with Gasteiger partial charge in [-0.25, -0.2) is 10.2 Å². The second-order valence-electron chi connectivity index (χ2n) is 9.13. The van der Waals surface area contributed by atoms with Gasteiger partial charge >= 0.3 is 23.5 Å². The summed E-state index contributed by atoms with van der Waals surface area (Å²) in [5.41, 5.74) is 2.90. The lowest BCUT2D eigenvalue weighted by Crippen LogP contribution is -2.33. The molecule has 1 aromatic heterocycles. The molecule has 1 aliphatic rings. The van der Waals surface area contributed by atoms with E-state index in [-0.39, 0.29) is 33.5 Å². The summed E-state index contributed by atoms with van der Waals surface area (Å²) >= 11 is 1.24. The number of carbonyl (C=O) groups excluding carboxylic acids is 3. The van der Waals surface area contributed by atoms with Crippen molar-refractivity contribution in [2.24, 2.45) is 5.10 Å². The normalized spacial score (nSPS) is 12.5. The minimum absolute atomic E-state index is 0.0690. The van der Waals surface area contributed by atoms with Crippen LogP contribution in [0.25, 0.3) is 0 Å². The van der Waals surface area contributed by atoms with E-state index in [9.17, 15) is 34.6 Å². The van der Waals surface area contributed by atoms with Crippen LogP contribution in [0.3, 0.4) is 0 Å². The fraction of sp³-hybridized carbons (Fsp3) is 0.259. The van der Waals surface area contributed by atoms with Crippen LogP contribution in [0.2, 0.25) is 0 Å². The van der Waals surface area contributed by atoms with E-state index < -0.39 is 39.0 Å². The third-order valence-electron chi connectivity index (χ3n) is 6.47. The number of hydrogen-bond donors (Lipinski definition) is 2. The monoisotopic (exact) mass is 611 g/mol. The molecule has 0 atom stereocenters. The molecule has 2 aromatic carbocycles. The van der Waals surface area contributed by atoms with Gasteiger partial charge in [-0.05, 0) is 62.4 Å². The Morgan fingerprint density at radius 2 is 1.65 bits per heavy atom. The quantitative estimate of drug-likeness (QED) is 0.114. The van der Waals surface area contributed by atoms with Crippen LogP contribution in [0.15, 0.2) is 41.5 Å². The van der Waals surface area contributed by atoms with Crippen LogP contribution in [0.5, 0.6) is 17.2 Å². The van der Waals surface area contributed by atoms with Gasteiger partial charge in [-0.3, -0.25) is 29.8 Å². The Balaban J connectivity index is 1.48. The Labute approximate surface area is 247 Å². The lowest BCUT2D eigenvalue weighted by Gasteiger charge is -2.12. The van der Waals surface area contributed by atoms with E-state index in [0.29, 0.717) is 12.0 Å². The fourth-order valence-corrected chi connectivity index (χ4v) is 5.60. The molecule has 0 radical (unpaired) electrons. The van der Waals surface area contributed by atoms with Crippen molar-refractivity contribution in [3.63, 3.8) is 0 Å². The number of benzene rings is 2. The van der Waals surface area contributed by atoms with Gasteiger partial charge in [0.05, 0.1) is 41.4 Å². The van der Waals surface area contributed by atoms with Crippen molar-refractivity contribution < 1.29 is 38.4 Å². The number of amides is 2. The van der Waals surface area contributed by atoms with Gasteiger partial charge in [0.2, 0.25) is 5.75 Å². The van der Waals surface area contributed by atoms with Crippen molar-refractivity contribution in [1.29, 1.82) is 0 Å². The number of nitrogens with one attached hydrogen (secondary N) is 2. The third-order valence-corrected chi connectivity index (χ3v) is 7.68. The minimum Gasteiger partial charge on any atom is -0.493 e. The molecule has 0 fully saturated rings. The fourth-order valence-electron chi connectivity index (χ4n) is 4.33. The molecular weight excluding hydrogens is 586 g/mol. The summed E-state index contributed by atoms with van der Waals surface area (Å²) in [6, 6.07) is 7.40. The molecule has 43 heavy (non-hydrogen) atoms. The predicted octanol–water partition coefficient (Wildman–Crippen LogP) is 4.51. The SMILES string of the molecule is COC(=O)c1c(NC(=O)C(=O)NN=C(C)c2ccc(Oc3ccc([N+](=O)[O-])cc3[N+](=O)[O-])c(OC)c2)sc2c1CCCC2. The van der Waals surface area contributed by atoms with Crippen LogP contribution in [-0.2, 0) is 27.2 Å². The predicted molar refractivity (Wildman–Crippen MR) is 154 cm³/mol. The molecule has 224 valence electrons. The number of nitro groups is 2. The van der Waals surface area contributed by atoms with Gasteiger partial charge in [-0.2, -0.15) is 5.10 Å². The second-order valence-corrected chi connectivity index (χ2v) is 10.2. The summed E-state index contributed by atoms with van der Waals surface area (Å²) in [5, 5.41) is 29.1. The van der Waals surface area contributed by atoms with Gasteiger partial charge in [0, 0.05) is 16.5 Å². The lowest BCUT2D eigenvalue weighted by molar-refractivity contribution is -0.394. The van der Waals surface area contributed by atoms with Gasteiger partial charge in [0.1, 0.15) is 5.00 Å². The molecule has 0 bridgehead atoms. The average Bonchev–Trinajstić information content (AvgIpc) is 3.36. The van der Waals surface area contributed by atoms with Crippen molar-refractivity contribution in [3.8, 4) is 17.2 Å². The molecule has 3 aromatic rings. The number of carbonyl (C=O) groups is 3.